The summed E-state index contributed by atoms with van der Waals surface area (Å²) in [5.74, 6) is 0.342. The predicted octanol–water partition coefficient (Wildman–Crippen LogP) is 3.67. The molecule has 3 rings (SSSR count). The highest BCUT2D eigenvalue weighted by Gasteiger charge is 2.22. The second-order valence-corrected chi connectivity index (χ2v) is 5.76. The molecule has 118 valence electrons. The highest BCUT2D eigenvalue weighted by atomic mass is 32.1. The molecular formula is C17H15NO4S. The Morgan fingerprint density at radius 2 is 1.96 bits per heavy atom. The summed E-state index contributed by atoms with van der Waals surface area (Å²) in [6, 6.07) is 11.3. The average molecular weight is 329 g/mol. The van der Waals surface area contributed by atoms with Crippen LogP contribution in [0.25, 0.3) is 10.2 Å². The van der Waals surface area contributed by atoms with Crippen molar-refractivity contribution in [1.29, 1.82) is 0 Å². The fraction of sp³-hybridized carbons (Fsp3) is 0.176. The van der Waals surface area contributed by atoms with E-state index in [0.29, 0.717) is 22.8 Å². The van der Waals surface area contributed by atoms with E-state index in [1.54, 1.807) is 13.3 Å². The van der Waals surface area contributed by atoms with Crippen molar-refractivity contribution in [3.63, 3.8) is 0 Å². The number of rotatable bonds is 5. The first kappa shape index (κ1) is 15.3. The van der Waals surface area contributed by atoms with Crippen LogP contribution in [0.3, 0.4) is 0 Å². The maximum atomic E-state index is 12.1. The van der Waals surface area contributed by atoms with E-state index in [4.69, 9.17) is 14.2 Å². The second kappa shape index (κ2) is 6.66. The number of hydrogen-bond donors (Lipinski definition) is 0. The molecule has 0 aliphatic rings. The van der Waals surface area contributed by atoms with Gasteiger partial charge >= 0.3 is 5.97 Å². The van der Waals surface area contributed by atoms with Crippen molar-refractivity contribution in [2.45, 2.75) is 6.61 Å². The van der Waals surface area contributed by atoms with Crippen LogP contribution in [0.5, 0.6) is 10.8 Å². The van der Waals surface area contributed by atoms with Gasteiger partial charge in [-0.15, -0.1) is 0 Å². The SMILES string of the molecule is COC(=O)c1c(OCc2ccc(OC)cc2)sc2cccnc12. The Labute approximate surface area is 137 Å². The van der Waals surface area contributed by atoms with Crippen LogP contribution in [0.4, 0.5) is 0 Å². The molecule has 0 bridgehead atoms. The molecule has 0 saturated heterocycles. The van der Waals surface area contributed by atoms with Crippen LogP contribution in [0.15, 0.2) is 42.6 Å². The molecule has 5 nitrogen and oxygen atoms in total. The van der Waals surface area contributed by atoms with Gasteiger partial charge in [0.1, 0.15) is 17.9 Å². The summed E-state index contributed by atoms with van der Waals surface area (Å²) in [5, 5.41) is 0.515. The number of fused-ring (bicyclic) bond motifs is 1. The summed E-state index contributed by atoms with van der Waals surface area (Å²) in [5.41, 5.74) is 1.96. The Balaban J connectivity index is 1.88. The molecule has 3 aromatic rings. The molecule has 0 amide bonds. The number of pyridine rings is 1. The van der Waals surface area contributed by atoms with Gasteiger partial charge in [0, 0.05) is 6.20 Å². The Hall–Kier alpha value is -2.60. The van der Waals surface area contributed by atoms with E-state index in [1.165, 1.54) is 18.4 Å². The number of carbonyl (C=O) groups excluding carboxylic acids is 1. The third kappa shape index (κ3) is 3.12. The van der Waals surface area contributed by atoms with Crippen molar-refractivity contribution in [3.05, 3.63) is 53.7 Å². The number of ether oxygens (including phenoxy) is 3. The van der Waals surface area contributed by atoms with Crippen molar-refractivity contribution in [2.24, 2.45) is 0 Å². The molecule has 6 heteroatoms. The van der Waals surface area contributed by atoms with Gasteiger partial charge in [-0.3, -0.25) is 4.98 Å². The van der Waals surface area contributed by atoms with Gasteiger partial charge < -0.3 is 14.2 Å². The Morgan fingerprint density at radius 3 is 2.65 bits per heavy atom. The minimum absolute atomic E-state index is 0.348. The predicted molar refractivity (Wildman–Crippen MR) is 88.3 cm³/mol. The lowest BCUT2D eigenvalue weighted by Gasteiger charge is -2.07. The van der Waals surface area contributed by atoms with Crippen LogP contribution in [-0.2, 0) is 11.3 Å². The van der Waals surface area contributed by atoms with Crippen molar-refractivity contribution in [2.75, 3.05) is 14.2 Å². The molecule has 0 saturated carbocycles. The first-order chi connectivity index (χ1) is 11.2. The van der Waals surface area contributed by atoms with E-state index in [0.717, 1.165) is 16.0 Å². The number of aromatic nitrogens is 1. The number of thiophene rings is 1. The summed E-state index contributed by atoms with van der Waals surface area (Å²) < 4.78 is 16.7. The zero-order chi connectivity index (χ0) is 16.2. The fourth-order valence-electron chi connectivity index (χ4n) is 2.16. The van der Waals surface area contributed by atoms with Crippen LogP contribution in [0.2, 0.25) is 0 Å². The Morgan fingerprint density at radius 1 is 1.17 bits per heavy atom. The molecule has 0 aliphatic heterocycles. The van der Waals surface area contributed by atoms with Crippen molar-refractivity contribution in [3.8, 4) is 10.8 Å². The van der Waals surface area contributed by atoms with Crippen LogP contribution in [-0.4, -0.2) is 25.2 Å². The number of nitrogens with zero attached hydrogens (tertiary/aromatic N) is 1. The van der Waals surface area contributed by atoms with E-state index in [1.807, 2.05) is 36.4 Å². The summed E-state index contributed by atoms with van der Waals surface area (Å²) in [6.07, 6.45) is 1.65. The van der Waals surface area contributed by atoms with Crippen molar-refractivity contribution in [1.82, 2.24) is 4.98 Å². The summed E-state index contributed by atoms with van der Waals surface area (Å²) in [4.78, 5) is 16.3. The monoisotopic (exact) mass is 329 g/mol. The molecule has 0 N–H and O–H groups in total. The molecule has 0 aliphatic carbocycles. The van der Waals surface area contributed by atoms with E-state index in [9.17, 15) is 4.79 Å². The van der Waals surface area contributed by atoms with Crippen LogP contribution in [0, 0.1) is 0 Å². The summed E-state index contributed by atoms with van der Waals surface area (Å²) >= 11 is 1.38. The minimum Gasteiger partial charge on any atom is -0.497 e. The van der Waals surface area contributed by atoms with Gasteiger partial charge in [0.25, 0.3) is 0 Å². The zero-order valence-electron chi connectivity index (χ0n) is 12.7. The Bertz CT molecular complexity index is 826. The van der Waals surface area contributed by atoms with E-state index in [2.05, 4.69) is 4.98 Å². The first-order valence-electron chi connectivity index (χ1n) is 6.94. The maximum Gasteiger partial charge on any atom is 0.344 e. The van der Waals surface area contributed by atoms with Gasteiger partial charge in [0.05, 0.1) is 24.4 Å². The van der Waals surface area contributed by atoms with E-state index >= 15 is 0 Å². The lowest BCUT2D eigenvalue weighted by Crippen LogP contribution is -2.04. The van der Waals surface area contributed by atoms with Crippen LogP contribution < -0.4 is 9.47 Å². The molecule has 1 aromatic carbocycles. The normalized spacial score (nSPS) is 10.5. The molecule has 0 spiro atoms. The largest absolute Gasteiger partial charge is 0.497 e. The van der Waals surface area contributed by atoms with Crippen molar-refractivity contribution >= 4 is 27.5 Å². The lowest BCUT2D eigenvalue weighted by atomic mass is 10.2. The lowest BCUT2D eigenvalue weighted by molar-refractivity contribution is 0.0599. The summed E-state index contributed by atoms with van der Waals surface area (Å²) in [6.45, 7) is 0.348. The standard InChI is InChI=1S/C17H15NO4S/c1-20-12-7-5-11(6-8-12)10-22-17-14(16(19)21-2)15-13(23-17)4-3-9-18-15/h3-9H,10H2,1-2H3. The molecule has 2 heterocycles. The van der Waals surface area contributed by atoms with E-state index < -0.39 is 5.97 Å². The third-order valence-corrected chi connectivity index (χ3v) is 4.39. The van der Waals surface area contributed by atoms with E-state index in [-0.39, 0.29) is 0 Å². The minimum atomic E-state index is -0.445. The highest BCUT2D eigenvalue weighted by Crippen LogP contribution is 2.37. The number of benzene rings is 1. The summed E-state index contributed by atoms with van der Waals surface area (Å²) in [7, 11) is 2.97. The first-order valence-corrected chi connectivity index (χ1v) is 7.76. The second-order valence-electron chi connectivity index (χ2n) is 4.74. The van der Waals surface area contributed by atoms with Gasteiger partial charge in [-0.05, 0) is 29.8 Å². The Kier molecular flexibility index (Phi) is 4.43. The fourth-order valence-corrected chi connectivity index (χ4v) is 3.16. The van der Waals surface area contributed by atoms with Crippen LogP contribution >= 0.6 is 11.3 Å². The van der Waals surface area contributed by atoms with Crippen molar-refractivity contribution < 1.29 is 19.0 Å². The molecule has 0 radical (unpaired) electrons. The number of methoxy groups -OCH3 is 2. The van der Waals surface area contributed by atoms with Gasteiger partial charge in [-0.25, -0.2) is 4.79 Å². The average Bonchev–Trinajstić information content (AvgIpc) is 2.98. The third-order valence-electron chi connectivity index (χ3n) is 3.33. The molecule has 2 aromatic heterocycles. The molecule has 0 atom stereocenters. The van der Waals surface area contributed by atoms with Gasteiger partial charge in [-0.1, -0.05) is 23.5 Å². The number of hydrogen-bond acceptors (Lipinski definition) is 6. The van der Waals surface area contributed by atoms with Gasteiger partial charge in [-0.2, -0.15) is 0 Å². The topological polar surface area (TPSA) is 57.7 Å². The number of esters is 1. The number of carbonyl (C=O) groups is 1. The molecule has 0 unspecified atom stereocenters. The molecule has 23 heavy (non-hydrogen) atoms. The highest BCUT2D eigenvalue weighted by molar-refractivity contribution is 7.21. The zero-order valence-corrected chi connectivity index (χ0v) is 13.6. The molecule has 0 fully saturated rings. The quantitative estimate of drug-likeness (QED) is 0.669. The van der Waals surface area contributed by atoms with Gasteiger partial charge in [0.15, 0.2) is 5.06 Å². The van der Waals surface area contributed by atoms with Gasteiger partial charge in [0.2, 0.25) is 0 Å². The molecular weight excluding hydrogens is 314 g/mol. The van der Waals surface area contributed by atoms with Crippen LogP contribution in [0.1, 0.15) is 15.9 Å². The smallest absolute Gasteiger partial charge is 0.344 e. The maximum absolute atomic E-state index is 12.1.